The zero-order valence-corrected chi connectivity index (χ0v) is 10.4. The van der Waals surface area contributed by atoms with Gasteiger partial charge >= 0.3 is 0 Å². The molecule has 0 N–H and O–H groups in total. The molecule has 0 spiro atoms. The van der Waals surface area contributed by atoms with Gasteiger partial charge in [0.25, 0.3) is 0 Å². The molecule has 0 aliphatic carbocycles. The van der Waals surface area contributed by atoms with Crippen LogP contribution in [0, 0.1) is 5.82 Å². The number of aryl methyl sites for hydroxylation is 1. The molecule has 0 nitrogen and oxygen atoms in total. The molecule has 0 radical (unpaired) electrons. The van der Waals surface area contributed by atoms with Gasteiger partial charge in [0.15, 0.2) is 0 Å². The van der Waals surface area contributed by atoms with Crippen molar-refractivity contribution in [3.05, 3.63) is 34.1 Å². The lowest BCUT2D eigenvalue weighted by molar-refractivity contribution is 0.603. The molecule has 0 aromatic heterocycles. The summed E-state index contributed by atoms with van der Waals surface area (Å²) in [5, 5.41) is 0.989. The summed E-state index contributed by atoms with van der Waals surface area (Å²) in [6.45, 7) is 0. The predicted octanol–water partition coefficient (Wildman–Crippen LogP) is 4.31. The lowest BCUT2D eigenvalue weighted by Crippen LogP contribution is -1.91. The van der Waals surface area contributed by atoms with Crippen molar-refractivity contribution in [2.45, 2.75) is 19.3 Å². The lowest BCUT2D eigenvalue weighted by Gasteiger charge is -2.02. The number of alkyl halides is 1. The van der Waals surface area contributed by atoms with Crippen molar-refractivity contribution < 1.29 is 4.39 Å². The zero-order chi connectivity index (χ0) is 9.68. The van der Waals surface area contributed by atoms with Crippen molar-refractivity contribution in [1.82, 2.24) is 0 Å². The van der Waals surface area contributed by atoms with E-state index in [1.54, 1.807) is 6.07 Å². The molecule has 0 saturated heterocycles. The van der Waals surface area contributed by atoms with E-state index in [0.29, 0.717) is 0 Å². The SMILES string of the molecule is Fc1ccc(Br)cc1CCCCBr. The number of halogens is 3. The van der Waals surface area contributed by atoms with Crippen molar-refractivity contribution in [2.24, 2.45) is 0 Å². The molecule has 1 aromatic carbocycles. The molecule has 1 rings (SSSR count). The minimum atomic E-state index is -0.0993. The molecular weight excluding hydrogens is 299 g/mol. The van der Waals surface area contributed by atoms with Crippen molar-refractivity contribution >= 4 is 31.9 Å². The van der Waals surface area contributed by atoms with E-state index in [4.69, 9.17) is 0 Å². The summed E-state index contributed by atoms with van der Waals surface area (Å²) in [6.07, 6.45) is 2.93. The third-order valence-electron chi connectivity index (χ3n) is 1.84. The maximum atomic E-state index is 13.2. The number of hydrogen-bond donors (Lipinski definition) is 0. The first-order valence-corrected chi connectivity index (χ1v) is 6.15. The van der Waals surface area contributed by atoms with E-state index in [9.17, 15) is 4.39 Å². The van der Waals surface area contributed by atoms with Gasteiger partial charge in [0, 0.05) is 9.80 Å². The van der Waals surface area contributed by atoms with Gasteiger partial charge < -0.3 is 0 Å². The van der Waals surface area contributed by atoms with Crippen LogP contribution in [0.3, 0.4) is 0 Å². The Hall–Kier alpha value is 0.110. The minimum Gasteiger partial charge on any atom is -0.207 e. The molecule has 0 bridgehead atoms. The highest BCUT2D eigenvalue weighted by molar-refractivity contribution is 9.10. The second kappa shape index (κ2) is 5.76. The number of rotatable bonds is 4. The van der Waals surface area contributed by atoms with Crippen LogP contribution in [0.1, 0.15) is 18.4 Å². The fourth-order valence-electron chi connectivity index (χ4n) is 1.14. The van der Waals surface area contributed by atoms with E-state index in [-0.39, 0.29) is 5.82 Å². The smallest absolute Gasteiger partial charge is 0.126 e. The quantitative estimate of drug-likeness (QED) is 0.574. The van der Waals surface area contributed by atoms with Gasteiger partial charge in [0.05, 0.1) is 0 Å². The molecule has 72 valence electrons. The summed E-state index contributed by atoms with van der Waals surface area (Å²) in [4.78, 5) is 0. The Morgan fingerprint density at radius 1 is 1.23 bits per heavy atom. The van der Waals surface area contributed by atoms with E-state index in [2.05, 4.69) is 31.9 Å². The second-order valence-electron chi connectivity index (χ2n) is 2.88. The topological polar surface area (TPSA) is 0 Å². The van der Waals surface area contributed by atoms with Crippen molar-refractivity contribution in [1.29, 1.82) is 0 Å². The summed E-state index contributed by atoms with van der Waals surface area (Å²) < 4.78 is 14.1. The maximum Gasteiger partial charge on any atom is 0.126 e. The Morgan fingerprint density at radius 3 is 2.69 bits per heavy atom. The lowest BCUT2D eigenvalue weighted by atomic mass is 10.1. The van der Waals surface area contributed by atoms with Crippen LogP contribution in [0.15, 0.2) is 22.7 Å². The number of hydrogen-bond acceptors (Lipinski definition) is 0. The van der Waals surface area contributed by atoms with Gasteiger partial charge in [-0.1, -0.05) is 31.9 Å². The van der Waals surface area contributed by atoms with Crippen molar-refractivity contribution in [2.75, 3.05) is 5.33 Å². The van der Waals surface area contributed by atoms with E-state index < -0.39 is 0 Å². The summed E-state index contributed by atoms with van der Waals surface area (Å²) >= 11 is 6.68. The molecule has 0 atom stereocenters. The van der Waals surface area contributed by atoms with Gasteiger partial charge in [-0.2, -0.15) is 0 Å². The normalized spacial score (nSPS) is 10.4. The predicted molar refractivity (Wildman–Crippen MR) is 60.8 cm³/mol. The fourth-order valence-corrected chi connectivity index (χ4v) is 1.95. The van der Waals surface area contributed by atoms with Gasteiger partial charge in [-0.3, -0.25) is 0 Å². The average molecular weight is 310 g/mol. The van der Waals surface area contributed by atoms with Gasteiger partial charge in [0.2, 0.25) is 0 Å². The Bertz CT molecular complexity index is 274. The first-order chi connectivity index (χ1) is 6.24. The Morgan fingerprint density at radius 2 is 2.00 bits per heavy atom. The van der Waals surface area contributed by atoms with E-state index >= 15 is 0 Å². The summed E-state index contributed by atoms with van der Waals surface area (Å²) in [6, 6.07) is 5.08. The first-order valence-electron chi connectivity index (χ1n) is 4.24. The largest absolute Gasteiger partial charge is 0.207 e. The van der Waals surface area contributed by atoms with Crippen LogP contribution in [-0.2, 0) is 6.42 Å². The molecule has 3 heteroatoms. The molecule has 13 heavy (non-hydrogen) atoms. The van der Waals surface area contributed by atoms with Gasteiger partial charge in [0.1, 0.15) is 5.82 Å². The summed E-state index contributed by atoms with van der Waals surface area (Å²) in [5.41, 5.74) is 0.801. The summed E-state index contributed by atoms with van der Waals surface area (Å²) in [7, 11) is 0. The highest BCUT2D eigenvalue weighted by Gasteiger charge is 2.01. The highest BCUT2D eigenvalue weighted by atomic mass is 79.9. The highest BCUT2D eigenvalue weighted by Crippen LogP contribution is 2.17. The van der Waals surface area contributed by atoms with Crippen molar-refractivity contribution in [3.8, 4) is 0 Å². The molecule has 0 heterocycles. The zero-order valence-electron chi connectivity index (χ0n) is 7.19. The van der Waals surface area contributed by atoms with Crippen LogP contribution >= 0.6 is 31.9 Å². The van der Waals surface area contributed by atoms with E-state index in [1.807, 2.05) is 6.07 Å². The van der Waals surface area contributed by atoms with Gasteiger partial charge in [-0.25, -0.2) is 4.39 Å². The molecule has 0 aliphatic rings. The first kappa shape index (κ1) is 11.2. The molecule has 0 fully saturated rings. The van der Waals surface area contributed by atoms with Crippen molar-refractivity contribution in [3.63, 3.8) is 0 Å². The van der Waals surface area contributed by atoms with Crippen LogP contribution in [-0.4, -0.2) is 5.33 Å². The average Bonchev–Trinajstić information content (AvgIpc) is 2.11. The van der Waals surface area contributed by atoms with Crippen LogP contribution in [0.4, 0.5) is 4.39 Å². The monoisotopic (exact) mass is 308 g/mol. The minimum absolute atomic E-state index is 0.0993. The molecular formula is C10H11Br2F. The third kappa shape index (κ3) is 3.77. The van der Waals surface area contributed by atoms with Gasteiger partial charge in [-0.05, 0) is 43.0 Å². The van der Waals surface area contributed by atoms with E-state index in [1.165, 1.54) is 6.07 Å². The van der Waals surface area contributed by atoms with Crippen LogP contribution in [0.5, 0.6) is 0 Å². The molecule has 1 aromatic rings. The second-order valence-corrected chi connectivity index (χ2v) is 4.59. The van der Waals surface area contributed by atoms with E-state index in [0.717, 1.165) is 34.6 Å². The van der Waals surface area contributed by atoms with Crippen LogP contribution in [0.25, 0.3) is 0 Å². The van der Waals surface area contributed by atoms with Crippen LogP contribution in [0.2, 0.25) is 0 Å². The molecule has 0 amide bonds. The van der Waals surface area contributed by atoms with Gasteiger partial charge in [-0.15, -0.1) is 0 Å². The standard InChI is InChI=1S/C10H11Br2F/c11-6-2-1-3-8-7-9(12)4-5-10(8)13/h4-5,7H,1-3,6H2. The Balaban J connectivity index is 2.59. The Kier molecular flexibility index (Phi) is 4.96. The fraction of sp³-hybridized carbons (Fsp3) is 0.400. The Labute approximate surface area is 94.8 Å². The van der Waals surface area contributed by atoms with Crippen LogP contribution < -0.4 is 0 Å². The summed E-state index contributed by atoms with van der Waals surface area (Å²) in [5.74, 6) is -0.0993. The molecule has 0 aliphatic heterocycles. The molecule has 0 saturated carbocycles. The molecule has 0 unspecified atom stereocenters. The third-order valence-corrected chi connectivity index (χ3v) is 2.89. The maximum absolute atomic E-state index is 13.2. The number of unbranched alkanes of at least 4 members (excludes halogenated alkanes) is 1. The number of benzene rings is 1.